The van der Waals surface area contributed by atoms with Crippen molar-refractivity contribution < 1.29 is 9.00 Å². The predicted octanol–water partition coefficient (Wildman–Crippen LogP) is 0.381. The number of carbonyl (C=O) groups excluding carboxylic acids is 1. The maximum Gasteiger partial charge on any atom is 0.249 e. The van der Waals surface area contributed by atoms with Crippen LogP contribution in [0, 0.1) is 0 Å². The molecule has 0 aromatic heterocycles. The summed E-state index contributed by atoms with van der Waals surface area (Å²) in [5, 5.41) is -0.0825. The maximum atomic E-state index is 11.8. The number of primary amides is 1. The van der Waals surface area contributed by atoms with E-state index in [0.29, 0.717) is 23.4 Å². The molecule has 1 rings (SSSR count). The van der Waals surface area contributed by atoms with Crippen LogP contribution in [0.15, 0.2) is 24.3 Å². The van der Waals surface area contributed by atoms with E-state index in [1.165, 1.54) is 0 Å². The fourth-order valence-corrected chi connectivity index (χ4v) is 2.35. The van der Waals surface area contributed by atoms with Crippen molar-refractivity contribution in [3.8, 4) is 0 Å². The van der Waals surface area contributed by atoms with Crippen LogP contribution in [-0.2, 0) is 16.6 Å². The van der Waals surface area contributed by atoms with E-state index in [1.54, 1.807) is 24.3 Å². The van der Waals surface area contributed by atoms with Crippen molar-refractivity contribution >= 4 is 16.7 Å². The van der Waals surface area contributed by atoms with E-state index >= 15 is 0 Å². The highest BCUT2D eigenvalue weighted by molar-refractivity contribution is 7.84. The molecule has 2 unspecified atom stereocenters. The van der Waals surface area contributed by atoms with Crippen LogP contribution in [0.1, 0.15) is 22.8 Å². The summed E-state index contributed by atoms with van der Waals surface area (Å²) in [4.78, 5) is 11.1. The minimum atomic E-state index is -1.08. The Morgan fingerprint density at radius 3 is 2.62 bits per heavy atom. The van der Waals surface area contributed by atoms with E-state index < -0.39 is 16.7 Å². The second-order valence-corrected chi connectivity index (χ2v) is 5.45. The van der Waals surface area contributed by atoms with Gasteiger partial charge in [0.25, 0.3) is 0 Å². The largest absolute Gasteiger partial charge is 0.366 e. The Hall–Kier alpha value is -1.20. The van der Waals surface area contributed by atoms with E-state index in [0.717, 1.165) is 0 Å². The molecule has 0 aliphatic carbocycles. The number of hydrogen-bond donors (Lipinski definition) is 2. The molecule has 1 aromatic carbocycles. The number of amides is 1. The minimum absolute atomic E-state index is 0.0825. The SMILES string of the molecule is CC(CN)S(=O)Cc1ccccc1C(N)=O. The van der Waals surface area contributed by atoms with Crippen LogP contribution in [0.2, 0.25) is 0 Å². The van der Waals surface area contributed by atoms with Crippen LogP contribution in [0.25, 0.3) is 0 Å². The highest BCUT2D eigenvalue weighted by atomic mass is 32.2. The first kappa shape index (κ1) is 12.9. The third-order valence-corrected chi connectivity index (χ3v) is 4.05. The van der Waals surface area contributed by atoms with E-state index in [2.05, 4.69) is 0 Å². The zero-order chi connectivity index (χ0) is 12.1. The maximum absolute atomic E-state index is 11.8. The lowest BCUT2D eigenvalue weighted by molar-refractivity contribution is 0.0999. The van der Waals surface area contributed by atoms with Crippen molar-refractivity contribution in [2.45, 2.75) is 17.9 Å². The summed E-state index contributed by atoms with van der Waals surface area (Å²) in [6.45, 7) is 2.19. The van der Waals surface area contributed by atoms with Gasteiger partial charge in [-0.1, -0.05) is 18.2 Å². The first-order chi connectivity index (χ1) is 7.56. The molecular formula is C11H16N2O2S. The van der Waals surface area contributed by atoms with Gasteiger partial charge >= 0.3 is 0 Å². The van der Waals surface area contributed by atoms with Crippen LogP contribution in [0.5, 0.6) is 0 Å². The van der Waals surface area contributed by atoms with Gasteiger partial charge in [-0.15, -0.1) is 0 Å². The molecule has 88 valence electrons. The molecule has 2 atom stereocenters. The van der Waals surface area contributed by atoms with Crippen molar-refractivity contribution in [1.29, 1.82) is 0 Å². The second-order valence-electron chi connectivity index (χ2n) is 3.59. The van der Waals surface area contributed by atoms with Crippen LogP contribution in [0.4, 0.5) is 0 Å². The van der Waals surface area contributed by atoms with Gasteiger partial charge in [0, 0.05) is 33.9 Å². The Kier molecular flexibility index (Phi) is 4.64. The molecule has 0 spiro atoms. The Balaban J connectivity index is 2.89. The molecule has 4 nitrogen and oxygen atoms in total. The van der Waals surface area contributed by atoms with Crippen LogP contribution in [0.3, 0.4) is 0 Å². The summed E-state index contributed by atoms with van der Waals surface area (Å²) in [6.07, 6.45) is 0. The zero-order valence-electron chi connectivity index (χ0n) is 9.18. The molecule has 0 aliphatic heterocycles. The van der Waals surface area contributed by atoms with E-state index in [1.807, 2.05) is 6.92 Å². The van der Waals surface area contributed by atoms with Gasteiger partial charge in [-0.3, -0.25) is 9.00 Å². The molecule has 0 radical (unpaired) electrons. The summed E-state index contributed by atoms with van der Waals surface area (Å²) in [6, 6.07) is 6.94. The van der Waals surface area contributed by atoms with Gasteiger partial charge < -0.3 is 11.5 Å². The third-order valence-electron chi connectivity index (χ3n) is 2.36. The van der Waals surface area contributed by atoms with Gasteiger partial charge in [-0.2, -0.15) is 0 Å². The van der Waals surface area contributed by atoms with E-state index in [-0.39, 0.29) is 5.25 Å². The Morgan fingerprint density at radius 1 is 1.44 bits per heavy atom. The lowest BCUT2D eigenvalue weighted by atomic mass is 10.1. The van der Waals surface area contributed by atoms with Gasteiger partial charge in [0.1, 0.15) is 0 Å². The van der Waals surface area contributed by atoms with Gasteiger partial charge in [0.15, 0.2) is 0 Å². The quantitative estimate of drug-likeness (QED) is 0.780. The fraction of sp³-hybridized carbons (Fsp3) is 0.364. The number of rotatable bonds is 5. The number of carbonyl (C=O) groups is 1. The fourth-order valence-electron chi connectivity index (χ4n) is 1.29. The van der Waals surface area contributed by atoms with Crippen molar-refractivity contribution in [3.63, 3.8) is 0 Å². The van der Waals surface area contributed by atoms with Crippen molar-refractivity contribution in [1.82, 2.24) is 0 Å². The average Bonchev–Trinajstić information content (AvgIpc) is 2.28. The summed E-state index contributed by atoms with van der Waals surface area (Å²) in [7, 11) is -1.08. The topological polar surface area (TPSA) is 86.2 Å². The third kappa shape index (κ3) is 3.15. The smallest absolute Gasteiger partial charge is 0.249 e. The number of hydrogen-bond acceptors (Lipinski definition) is 3. The summed E-state index contributed by atoms with van der Waals surface area (Å²) < 4.78 is 11.8. The molecule has 0 saturated heterocycles. The first-order valence-electron chi connectivity index (χ1n) is 5.01. The Morgan fingerprint density at radius 2 is 2.06 bits per heavy atom. The van der Waals surface area contributed by atoms with Crippen LogP contribution >= 0.6 is 0 Å². The molecular weight excluding hydrogens is 224 g/mol. The number of benzene rings is 1. The number of nitrogens with two attached hydrogens (primary N) is 2. The van der Waals surface area contributed by atoms with Gasteiger partial charge in [-0.05, 0) is 18.6 Å². The lowest BCUT2D eigenvalue weighted by Gasteiger charge is -2.10. The molecule has 1 aromatic rings. The van der Waals surface area contributed by atoms with Crippen LogP contribution in [-0.4, -0.2) is 21.9 Å². The normalized spacial score (nSPS) is 14.4. The average molecular weight is 240 g/mol. The molecule has 0 heterocycles. The van der Waals surface area contributed by atoms with Gasteiger partial charge in [-0.25, -0.2) is 0 Å². The van der Waals surface area contributed by atoms with Crippen LogP contribution < -0.4 is 11.5 Å². The molecule has 0 saturated carbocycles. The van der Waals surface area contributed by atoms with Crippen molar-refractivity contribution in [2.75, 3.05) is 6.54 Å². The molecule has 0 bridgehead atoms. The molecule has 0 aliphatic rings. The Bertz CT molecular complexity index is 407. The monoisotopic (exact) mass is 240 g/mol. The Labute approximate surface area is 97.5 Å². The van der Waals surface area contributed by atoms with Gasteiger partial charge in [0.2, 0.25) is 5.91 Å². The predicted molar refractivity (Wildman–Crippen MR) is 65.3 cm³/mol. The summed E-state index contributed by atoms with van der Waals surface area (Å²) >= 11 is 0. The zero-order valence-corrected chi connectivity index (χ0v) is 10.00. The standard InChI is InChI=1S/C11H16N2O2S/c1-8(6-12)16(15)7-9-4-2-3-5-10(9)11(13)14/h2-5,8H,6-7,12H2,1H3,(H2,13,14). The highest BCUT2D eigenvalue weighted by Crippen LogP contribution is 2.12. The molecule has 1 amide bonds. The molecule has 0 fully saturated rings. The first-order valence-corrected chi connectivity index (χ1v) is 6.39. The molecule has 16 heavy (non-hydrogen) atoms. The second kappa shape index (κ2) is 5.77. The van der Waals surface area contributed by atoms with E-state index in [4.69, 9.17) is 11.5 Å². The minimum Gasteiger partial charge on any atom is -0.366 e. The van der Waals surface area contributed by atoms with Crippen molar-refractivity contribution in [3.05, 3.63) is 35.4 Å². The van der Waals surface area contributed by atoms with E-state index in [9.17, 15) is 9.00 Å². The summed E-state index contributed by atoms with van der Waals surface area (Å²) in [5.74, 6) is -0.176. The van der Waals surface area contributed by atoms with Gasteiger partial charge in [0.05, 0.1) is 0 Å². The lowest BCUT2D eigenvalue weighted by Crippen LogP contribution is -2.23. The highest BCUT2D eigenvalue weighted by Gasteiger charge is 2.13. The molecule has 5 heteroatoms. The van der Waals surface area contributed by atoms with Crippen molar-refractivity contribution in [2.24, 2.45) is 11.5 Å². The summed E-state index contributed by atoms with van der Waals surface area (Å²) in [5.41, 5.74) is 11.8. The molecule has 4 N–H and O–H groups in total.